The van der Waals surface area contributed by atoms with Gasteiger partial charge in [-0.05, 0) is 25.1 Å². The molecule has 1 aromatic carbocycles. The second kappa shape index (κ2) is 8.24. The van der Waals surface area contributed by atoms with Gasteiger partial charge in [0.05, 0.1) is 16.0 Å². The zero-order chi connectivity index (χ0) is 14.2. The average Bonchev–Trinajstić information content (AvgIpc) is 2.88. The van der Waals surface area contributed by atoms with Crippen LogP contribution in [-0.4, -0.2) is 36.3 Å². The van der Waals surface area contributed by atoms with E-state index in [1.54, 1.807) is 11.3 Å². The summed E-state index contributed by atoms with van der Waals surface area (Å²) in [4.78, 5) is 16.2. The van der Waals surface area contributed by atoms with Gasteiger partial charge in [0.15, 0.2) is 4.34 Å². The summed E-state index contributed by atoms with van der Waals surface area (Å²) in [6.45, 7) is 4.63. The number of carbonyl (C=O) groups excluding carboxylic acids is 1. The minimum atomic E-state index is 0.0626. The van der Waals surface area contributed by atoms with Gasteiger partial charge in [0.25, 0.3) is 0 Å². The molecule has 0 aliphatic carbocycles. The second-order valence-electron chi connectivity index (χ2n) is 4.34. The molecule has 20 heavy (non-hydrogen) atoms. The standard InChI is InChI=1S/C14H19N3OS2/c1-2-7-15-8-9-16-13(18)10-19-14-17-11-5-3-4-6-12(11)20-14/h3-6,15H,2,7-10H2,1H3,(H,16,18). The summed E-state index contributed by atoms with van der Waals surface area (Å²) in [6, 6.07) is 8.03. The first-order valence-corrected chi connectivity index (χ1v) is 8.55. The van der Waals surface area contributed by atoms with Gasteiger partial charge in [-0.2, -0.15) is 0 Å². The minimum absolute atomic E-state index is 0.0626. The van der Waals surface area contributed by atoms with Crippen molar-refractivity contribution < 1.29 is 4.79 Å². The maximum absolute atomic E-state index is 11.7. The van der Waals surface area contributed by atoms with Gasteiger partial charge in [0.2, 0.25) is 5.91 Å². The number of nitrogens with zero attached hydrogens (tertiary/aromatic N) is 1. The molecule has 0 aliphatic heterocycles. The van der Waals surface area contributed by atoms with Gasteiger partial charge in [-0.3, -0.25) is 4.79 Å². The van der Waals surface area contributed by atoms with Crippen molar-refractivity contribution in [1.82, 2.24) is 15.6 Å². The van der Waals surface area contributed by atoms with Gasteiger partial charge in [0.1, 0.15) is 0 Å². The molecular weight excluding hydrogens is 290 g/mol. The zero-order valence-corrected chi connectivity index (χ0v) is 13.1. The lowest BCUT2D eigenvalue weighted by Gasteiger charge is -2.05. The summed E-state index contributed by atoms with van der Waals surface area (Å²) in [5.41, 5.74) is 1.00. The highest BCUT2D eigenvalue weighted by Crippen LogP contribution is 2.28. The fourth-order valence-corrected chi connectivity index (χ4v) is 3.58. The molecule has 4 nitrogen and oxygen atoms in total. The summed E-state index contributed by atoms with van der Waals surface area (Å²) in [5.74, 6) is 0.487. The van der Waals surface area contributed by atoms with Crippen LogP contribution >= 0.6 is 23.1 Å². The van der Waals surface area contributed by atoms with E-state index < -0.39 is 0 Å². The van der Waals surface area contributed by atoms with Gasteiger partial charge >= 0.3 is 0 Å². The number of aromatic nitrogens is 1. The van der Waals surface area contributed by atoms with Gasteiger partial charge in [-0.25, -0.2) is 4.98 Å². The number of benzene rings is 1. The molecule has 0 bridgehead atoms. The zero-order valence-electron chi connectivity index (χ0n) is 11.5. The summed E-state index contributed by atoms with van der Waals surface area (Å²) < 4.78 is 2.12. The van der Waals surface area contributed by atoms with Crippen LogP contribution in [0.3, 0.4) is 0 Å². The topological polar surface area (TPSA) is 54.0 Å². The molecule has 0 aliphatic rings. The van der Waals surface area contributed by atoms with Crippen LogP contribution in [0.2, 0.25) is 0 Å². The normalized spacial score (nSPS) is 10.8. The largest absolute Gasteiger partial charge is 0.354 e. The van der Waals surface area contributed by atoms with Crippen molar-refractivity contribution in [1.29, 1.82) is 0 Å². The molecule has 1 amide bonds. The Kier molecular flexibility index (Phi) is 6.29. The van der Waals surface area contributed by atoms with Crippen LogP contribution in [0.4, 0.5) is 0 Å². The van der Waals surface area contributed by atoms with Crippen molar-refractivity contribution in [3.8, 4) is 0 Å². The Labute approximate surface area is 127 Å². The lowest BCUT2D eigenvalue weighted by atomic mass is 10.3. The van der Waals surface area contributed by atoms with Crippen molar-refractivity contribution in [2.45, 2.75) is 17.7 Å². The lowest BCUT2D eigenvalue weighted by molar-refractivity contribution is -0.118. The molecule has 6 heteroatoms. The van der Waals surface area contributed by atoms with Crippen LogP contribution in [0.25, 0.3) is 10.2 Å². The van der Waals surface area contributed by atoms with E-state index in [0.717, 1.165) is 29.4 Å². The molecule has 2 rings (SSSR count). The van der Waals surface area contributed by atoms with Crippen LogP contribution in [-0.2, 0) is 4.79 Å². The molecular formula is C14H19N3OS2. The maximum Gasteiger partial charge on any atom is 0.230 e. The van der Waals surface area contributed by atoms with Gasteiger partial charge < -0.3 is 10.6 Å². The minimum Gasteiger partial charge on any atom is -0.354 e. The highest BCUT2D eigenvalue weighted by molar-refractivity contribution is 8.01. The lowest BCUT2D eigenvalue weighted by Crippen LogP contribution is -2.33. The van der Waals surface area contributed by atoms with Gasteiger partial charge in [-0.1, -0.05) is 30.8 Å². The number of amides is 1. The summed E-state index contributed by atoms with van der Waals surface area (Å²) >= 11 is 3.13. The summed E-state index contributed by atoms with van der Waals surface area (Å²) in [6.07, 6.45) is 1.11. The Morgan fingerprint density at radius 2 is 2.15 bits per heavy atom. The van der Waals surface area contributed by atoms with E-state index in [1.807, 2.05) is 18.2 Å². The fourth-order valence-electron chi connectivity index (χ4n) is 1.68. The molecule has 0 spiro atoms. The van der Waals surface area contributed by atoms with E-state index in [9.17, 15) is 4.79 Å². The predicted molar refractivity (Wildman–Crippen MR) is 86.5 cm³/mol. The van der Waals surface area contributed by atoms with Crippen molar-refractivity contribution in [2.75, 3.05) is 25.4 Å². The van der Waals surface area contributed by atoms with Crippen molar-refractivity contribution in [2.24, 2.45) is 0 Å². The van der Waals surface area contributed by atoms with E-state index in [4.69, 9.17) is 0 Å². The molecule has 0 unspecified atom stereocenters. The molecule has 0 radical (unpaired) electrons. The van der Waals surface area contributed by atoms with Crippen molar-refractivity contribution in [3.05, 3.63) is 24.3 Å². The summed E-state index contributed by atoms with van der Waals surface area (Å²) in [7, 11) is 0. The third kappa shape index (κ3) is 4.77. The molecule has 0 atom stereocenters. The monoisotopic (exact) mass is 309 g/mol. The third-order valence-electron chi connectivity index (χ3n) is 2.65. The number of thioether (sulfide) groups is 1. The first kappa shape index (κ1) is 15.3. The second-order valence-corrected chi connectivity index (χ2v) is 6.59. The maximum atomic E-state index is 11.7. The summed E-state index contributed by atoms with van der Waals surface area (Å²) in [5, 5.41) is 6.15. The number of hydrogen-bond donors (Lipinski definition) is 2. The highest BCUT2D eigenvalue weighted by Gasteiger charge is 2.06. The van der Waals surface area contributed by atoms with E-state index in [1.165, 1.54) is 16.5 Å². The van der Waals surface area contributed by atoms with Crippen LogP contribution < -0.4 is 10.6 Å². The van der Waals surface area contributed by atoms with E-state index >= 15 is 0 Å². The van der Waals surface area contributed by atoms with E-state index in [0.29, 0.717) is 12.3 Å². The molecule has 1 heterocycles. The molecule has 1 aromatic heterocycles. The molecule has 0 saturated heterocycles. The van der Waals surface area contributed by atoms with Crippen LogP contribution in [0.5, 0.6) is 0 Å². The van der Waals surface area contributed by atoms with Crippen LogP contribution in [0.1, 0.15) is 13.3 Å². The third-order valence-corrected chi connectivity index (χ3v) is 4.83. The molecule has 2 N–H and O–H groups in total. The molecule has 0 saturated carbocycles. The van der Waals surface area contributed by atoms with Crippen LogP contribution in [0, 0.1) is 0 Å². The van der Waals surface area contributed by atoms with Crippen molar-refractivity contribution in [3.63, 3.8) is 0 Å². The quantitative estimate of drug-likeness (QED) is 0.581. The Bertz CT molecular complexity index is 523. The molecule has 0 fully saturated rings. The number of carbonyl (C=O) groups is 1. The van der Waals surface area contributed by atoms with E-state index in [-0.39, 0.29) is 5.91 Å². The average molecular weight is 309 g/mol. The number of thiazole rings is 1. The fraction of sp³-hybridized carbons (Fsp3) is 0.429. The Hall–Kier alpha value is -1.11. The number of nitrogens with one attached hydrogen (secondary N) is 2. The Balaban J connectivity index is 1.70. The number of hydrogen-bond acceptors (Lipinski definition) is 5. The Morgan fingerprint density at radius 1 is 1.30 bits per heavy atom. The van der Waals surface area contributed by atoms with Crippen molar-refractivity contribution >= 4 is 39.2 Å². The number of rotatable bonds is 8. The van der Waals surface area contributed by atoms with Gasteiger partial charge in [-0.15, -0.1) is 11.3 Å². The smallest absolute Gasteiger partial charge is 0.230 e. The molecule has 2 aromatic rings. The highest BCUT2D eigenvalue weighted by atomic mass is 32.2. The SMILES string of the molecule is CCCNCCNC(=O)CSc1nc2ccccc2s1. The number of para-hydroxylation sites is 1. The Morgan fingerprint density at radius 3 is 2.95 bits per heavy atom. The number of fused-ring (bicyclic) bond motifs is 1. The molecule has 108 valence electrons. The van der Waals surface area contributed by atoms with Crippen LogP contribution in [0.15, 0.2) is 28.6 Å². The van der Waals surface area contributed by atoms with E-state index in [2.05, 4.69) is 28.6 Å². The van der Waals surface area contributed by atoms with Gasteiger partial charge in [0, 0.05) is 13.1 Å². The first-order valence-electron chi connectivity index (χ1n) is 6.75. The predicted octanol–water partition coefficient (Wildman–Crippen LogP) is 2.50. The first-order chi connectivity index (χ1) is 9.79.